The van der Waals surface area contributed by atoms with Gasteiger partial charge in [0.25, 0.3) is 5.69 Å². The van der Waals surface area contributed by atoms with Gasteiger partial charge >= 0.3 is 5.97 Å². The van der Waals surface area contributed by atoms with E-state index < -0.39 is 10.9 Å². The summed E-state index contributed by atoms with van der Waals surface area (Å²) in [5, 5.41) is 20.0. The van der Waals surface area contributed by atoms with Crippen molar-refractivity contribution in [2.75, 3.05) is 6.61 Å². The van der Waals surface area contributed by atoms with E-state index in [2.05, 4.69) is 0 Å². The van der Waals surface area contributed by atoms with Crippen LogP contribution in [0.1, 0.15) is 41.6 Å². The molecular formula is C13H15NO5. The van der Waals surface area contributed by atoms with E-state index in [0.717, 1.165) is 0 Å². The summed E-state index contributed by atoms with van der Waals surface area (Å²) in [5.41, 5.74) is 0.612. The zero-order valence-electron chi connectivity index (χ0n) is 10.5. The molecule has 19 heavy (non-hydrogen) atoms. The average Bonchev–Trinajstić information content (AvgIpc) is 2.37. The minimum Gasteiger partial charge on any atom is -0.478 e. The number of hydrogen-bond donors (Lipinski definition) is 1. The first kappa shape index (κ1) is 13.5. The fraction of sp³-hybridized carbons (Fsp3) is 0.462. The van der Waals surface area contributed by atoms with Crippen molar-refractivity contribution >= 4 is 11.7 Å². The highest BCUT2D eigenvalue weighted by atomic mass is 16.6. The van der Waals surface area contributed by atoms with Crippen molar-refractivity contribution in [1.82, 2.24) is 0 Å². The van der Waals surface area contributed by atoms with Crippen LogP contribution in [0, 0.1) is 10.1 Å². The second-order valence-electron chi connectivity index (χ2n) is 4.74. The Kier molecular flexibility index (Phi) is 3.80. The normalized spacial score (nSPS) is 23.0. The van der Waals surface area contributed by atoms with Gasteiger partial charge in [-0.25, -0.2) is 4.79 Å². The molecule has 1 fully saturated rings. The highest BCUT2D eigenvalue weighted by Crippen LogP contribution is 2.34. The molecular weight excluding hydrogens is 250 g/mol. The SMILES string of the molecule is C[C@H]1C[C@H](c2cc([N+](=O)[O-])ccc2C(=O)O)CCO1. The number of carbonyl (C=O) groups is 1. The lowest BCUT2D eigenvalue weighted by molar-refractivity contribution is -0.384. The summed E-state index contributed by atoms with van der Waals surface area (Å²) in [7, 11) is 0. The number of nitro benzene ring substituents is 1. The topological polar surface area (TPSA) is 89.7 Å². The number of benzene rings is 1. The maximum absolute atomic E-state index is 11.2. The second-order valence-corrected chi connectivity index (χ2v) is 4.74. The number of aromatic carboxylic acids is 1. The molecule has 6 nitrogen and oxygen atoms in total. The molecule has 0 aromatic heterocycles. The molecule has 0 spiro atoms. The highest BCUT2D eigenvalue weighted by Gasteiger charge is 2.26. The van der Waals surface area contributed by atoms with E-state index in [0.29, 0.717) is 25.0 Å². The van der Waals surface area contributed by atoms with Gasteiger partial charge in [-0.3, -0.25) is 10.1 Å². The summed E-state index contributed by atoms with van der Waals surface area (Å²) in [4.78, 5) is 21.5. The van der Waals surface area contributed by atoms with Crippen molar-refractivity contribution < 1.29 is 19.6 Å². The molecule has 0 aliphatic carbocycles. The lowest BCUT2D eigenvalue weighted by atomic mass is 9.86. The van der Waals surface area contributed by atoms with Crippen LogP contribution in [0.2, 0.25) is 0 Å². The number of rotatable bonds is 3. The van der Waals surface area contributed by atoms with Gasteiger partial charge in [0.15, 0.2) is 0 Å². The van der Waals surface area contributed by atoms with E-state index in [-0.39, 0.29) is 23.3 Å². The molecule has 0 bridgehead atoms. The molecule has 2 atom stereocenters. The van der Waals surface area contributed by atoms with Gasteiger partial charge in [0.2, 0.25) is 0 Å². The highest BCUT2D eigenvalue weighted by molar-refractivity contribution is 5.90. The molecule has 1 aromatic carbocycles. The third-order valence-corrected chi connectivity index (χ3v) is 3.40. The van der Waals surface area contributed by atoms with E-state index in [1.54, 1.807) is 0 Å². The summed E-state index contributed by atoms with van der Waals surface area (Å²) in [6.45, 7) is 2.47. The van der Waals surface area contributed by atoms with E-state index in [4.69, 9.17) is 4.74 Å². The van der Waals surface area contributed by atoms with Gasteiger partial charge in [-0.05, 0) is 37.3 Å². The van der Waals surface area contributed by atoms with Crippen LogP contribution in [-0.2, 0) is 4.74 Å². The first-order valence-electron chi connectivity index (χ1n) is 6.12. The predicted octanol–water partition coefficient (Wildman–Crippen LogP) is 2.58. The number of non-ortho nitro benzene ring substituents is 1. The maximum Gasteiger partial charge on any atom is 0.335 e. The quantitative estimate of drug-likeness (QED) is 0.670. The van der Waals surface area contributed by atoms with E-state index in [9.17, 15) is 20.0 Å². The fourth-order valence-corrected chi connectivity index (χ4v) is 2.48. The first-order valence-corrected chi connectivity index (χ1v) is 6.12. The number of nitro groups is 1. The molecule has 102 valence electrons. The van der Waals surface area contributed by atoms with Crippen LogP contribution in [-0.4, -0.2) is 28.7 Å². The Morgan fingerprint density at radius 1 is 1.53 bits per heavy atom. The molecule has 1 N–H and O–H groups in total. The summed E-state index contributed by atoms with van der Waals surface area (Å²) in [5.74, 6) is -1.06. The number of carboxylic acids is 1. The van der Waals surface area contributed by atoms with Gasteiger partial charge in [-0.15, -0.1) is 0 Å². The van der Waals surface area contributed by atoms with Gasteiger partial charge in [-0.2, -0.15) is 0 Å². The van der Waals surface area contributed by atoms with E-state index in [1.165, 1.54) is 18.2 Å². The Morgan fingerprint density at radius 3 is 2.84 bits per heavy atom. The van der Waals surface area contributed by atoms with Gasteiger partial charge in [0.05, 0.1) is 16.6 Å². The van der Waals surface area contributed by atoms with Crippen LogP contribution in [0.25, 0.3) is 0 Å². The standard InChI is InChI=1S/C13H15NO5/c1-8-6-9(4-5-19-8)12-7-10(14(17)18)2-3-11(12)13(15)16/h2-3,7-9H,4-6H2,1H3,(H,15,16)/t8-,9+/m0/s1. The Hall–Kier alpha value is -1.95. The lowest BCUT2D eigenvalue weighted by Gasteiger charge is -2.28. The minimum absolute atomic E-state index is 0.00486. The number of nitrogens with zero attached hydrogens (tertiary/aromatic N) is 1. The summed E-state index contributed by atoms with van der Waals surface area (Å²) >= 11 is 0. The minimum atomic E-state index is -1.05. The van der Waals surface area contributed by atoms with Gasteiger partial charge in [0.1, 0.15) is 0 Å². The van der Waals surface area contributed by atoms with Crippen molar-refractivity contribution in [2.24, 2.45) is 0 Å². The van der Waals surface area contributed by atoms with Crippen molar-refractivity contribution in [3.8, 4) is 0 Å². The van der Waals surface area contributed by atoms with Crippen molar-refractivity contribution in [2.45, 2.75) is 31.8 Å². The van der Waals surface area contributed by atoms with Crippen LogP contribution in [0.15, 0.2) is 18.2 Å². The molecule has 0 radical (unpaired) electrons. The van der Waals surface area contributed by atoms with Gasteiger partial charge in [0, 0.05) is 18.7 Å². The van der Waals surface area contributed by atoms with Crippen LogP contribution in [0.4, 0.5) is 5.69 Å². The average molecular weight is 265 g/mol. The monoisotopic (exact) mass is 265 g/mol. The van der Waals surface area contributed by atoms with Crippen LogP contribution < -0.4 is 0 Å². The molecule has 1 aliphatic rings. The maximum atomic E-state index is 11.2. The number of hydrogen-bond acceptors (Lipinski definition) is 4. The Bertz CT molecular complexity index is 514. The Morgan fingerprint density at radius 2 is 2.26 bits per heavy atom. The van der Waals surface area contributed by atoms with Crippen molar-refractivity contribution in [1.29, 1.82) is 0 Å². The summed E-state index contributed by atoms with van der Waals surface area (Å²) < 4.78 is 5.43. The number of carboxylic acid groups (broad SMARTS) is 1. The molecule has 1 heterocycles. The molecule has 0 saturated carbocycles. The molecule has 6 heteroatoms. The Labute approximate surface area is 110 Å². The third-order valence-electron chi connectivity index (χ3n) is 3.40. The van der Waals surface area contributed by atoms with Crippen LogP contribution >= 0.6 is 0 Å². The second kappa shape index (κ2) is 5.36. The smallest absolute Gasteiger partial charge is 0.335 e. The molecule has 0 amide bonds. The van der Waals surface area contributed by atoms with Crippen LogP contribution in [0.5, 0.6) is 0 Å². The van der Waals surface area contributed by atoms with Crippen LogP contribution in [0.3, 0.4) is 0 Å². The predicted molar refractivity (Wildman–Crippen MR) is 67.4 cm³/mol. The molecule has 1 aliphatic heterocycles. The summed E-state index contributed by atoms with van der Waals surface area (Å²) in [6, 6.07) is 3.93. The fourth-order valence-electron chi connectivity index (χ4n) is 2.48. The van der Waals surface area contributed by atoms with Crippen molar-refractivity contribution in [3.05, 3.63) is 39.4 Å². The lowest BCUT2D eigenvalue weighted by Crippen LogP contribution is -2.23. The van der Waals surface area contributed by atoms with Crippen molar-refractivity contribution in [3.63, 3.8) is 0 Å². The van der Waals surface area contributed by atoms with E-state index in [1.807, 2.05) is 6.92 Å². The zero-order valence-corrected chi connectivity index (χ0v) is 10.5. The first-order chi connectivity index (χ1) is 8.99. The molecule has 2 rings (SSSR count). The van der Waals surface area contributed by atoms with Gasteiger partial charge < -0.3 is 9.84 Å². The molecule has 1 aromatic rings. The molecule has 1 saturated heterocycles. The van der Waals surface area contributed by atoms with Gasteiger partial charge in [-0.1, -0.05) is 0 Å². The zero-order chi connectivity index (χ0) is 14.0. The number of ether oxygens (including phenoxy) is 1. The van der Waals surface area contributed by atoms with E-state index >= 15 is 0 Å². The Balaban J connectivity index is 2.42. The third kappa shape index (κ3) is 2.90. The molecule has 0 unspecified atom stereocenters. The largest absolute Gasteiger partial charge is 0.478 e. The summed E-state index contributed by atoms with van der Waals surface area (Å²) in [6.07, 6.45) is 1.41.